The van der Waals surface area contributed by atoms with Gasteiger partial charge in [0.15, 0.2) is 0 Å². The van der Waals surface area contributed by atoms with E-state index in [0.717, 1.165) is 56.2 Å². The minimum absolute atomic E-state index is 0.0850. The minimum Gasteiger partial charge on any atom is -0.354 e. The number of likely N-dealkylation sites (N-methyl/N-ethyl adjacent to an activating group) is 1. The van der Waals surface area contributed by atoms with Gasteiger partial charge in [-0.15, -0.1) is 0 Å². The lowest BCUT2D eigenvalue weighted by Gasteiger charge is -2.34. The van der Waals surface area contributed by atoms with Crippen LogP contribution in [0.3, 0.4) is 0 Å². The summed E-state index contributed by atoms with van der Waals surface area (Å²) in [6.07, 6.45) is 1.69. The van der Waals surface area contributed by atoms with E-state index in [9.17, 15) is 19.3 Å². The summed E-state index contributed by atoms with van der Waals surface area (Å²) in [5.74, 6) is -0.461. The number of nitro benzene ring substituents is 1. The lowest BCUT2D eigenvalue weighted by molar-refractivity contribution is -0.385. The van der Waals surface area contributed by atoms with Gasteiger partial charge in [-0.1, -0.05) is 13.0 Å². The molecule has 0 aliphatic carbocycles. The molecule has 0 atom stereocenters. The number of nitro groups is 1. The Bertz CT molecular complexity index is 896. The molecule has 9 heteroatoms. The van der Waals surface area contributed by atoms with Gasteiger partial charge in [0.2, 0.25) is 0 Å². The number of benzene rings is 1. The molecule has 0 bridgehead atoms. The van der Waals surface area contributed by atoms with Gasteiger partial charge in [-0.25, -0.2) is 9.37 Å². The molecule has 0 radical (unpaired) electrons. The number of carbonyl (C=O) groups excluding carboxylic acids is 1. The quantitative estimate of drug-likeness (QED) is 0.591. The van der Waals surface area contributed by atoms with E-state index >= 15 is 0 Å². The minimum atomic E-state index is -0.779. The molecule has 1 aromatic carbocycles. The van der Waals surface area contributed by atoms with Crippen molar-refractivity contribution in [3.8, 4) is 0 Å². The molecule has 0 unspecified atom stereocenters. The van der Waals surface area contributed by atoms with Crippen LogP contribution in [0.4, 0.5) is 15.9 Å². The number of piperazine rings is 1. The summed E-state index contributed by atoms with van der Waals surface area (Å²) in [6.45, 7) is 8.57. The Labute approximate surface area is 168 Å². The average Bonchev–Trinajstić information content (AvgIpc) is 2.74. The first-order valence-corrected chi connectivity index (χ1v) is 9.54. The largest absolute Gasteiger partial charge is 0.354 e. The summed E-state index contributed by atoms with van der Waals surface area (Å²) in [7, 11) is 0. The second-order valence-electron chi connectivity index (χ2n) is 6.99. The molecule has 8 nitrogen and oxygen atoms in total. The van der Waals surface area contributed by atoms with Crippen LogP contribution in [0, 0.1) is 22.9 Å². The molecule has 1 aromatic heterocycles. The van der Waals surface area contributed by atoms with E-state index < -0.39 is 22.3 Å². The fraction of sp³-hybridized carbons (Fsp3) is 0.400. The summed E-state index contributed by atoms with van der Waals surface area (Å²) in [6, 6.07) is 5.90. The Morgan fingerprint density at radius 1 is 1.28 bits per heavy atom. The first-order chi connectivity index (χ1) is 13.9. The van der Waals surface area contributed by atoms with Gasteiger partial charge in [0.05, 0.1) is 10.5 Å². The number of anilines is 1. The monoisotopic (exact) mass is 401 g/mol. The van der Waals surface area contributed by atoms with Crippen LogP contribution in [0.15, 0.2) is 30.5 Å². The Kier molecular flexibility index (Phi) is 6.38. The van der Waals surface area contributed by atoms with Gasteiger partial charge in [-0.3, -0.25) is 14.9 Å². The molecule has 0 spiro atoms. The highest BCUT2D eigenvalue weighted by Gasteiger charge is 2.20. The van der Waals surface area contributed by atoms with Crippen LogP contribution in [-0.4, -0.2) is 53.4 Å². The van der Waals surface area contributed by atoms with E-state index in [1.807, 2.05) is 12.1 Å². The van der Waals surface area contributed by atoms with E-state index in [1.54, 1.807) is 6.20 Å². The Morgan fingerprint density at radius 3 is 2.59 bits per heavy atom. The van der Waals surface area contributed by atoms with Crippen molar-refractivity contribution in [3.63, 3.8) is 0 Å². The molecular formula is C20H24FN5O3. The summed E-state index contributed by atoms with van der Waals surface area (Å²) in [4.78, 5) is 31.7. The number of aromatic nitrogens is 1. The third kappa shape index (κ3) is 4.86. The van der Waals surface area contributed by atoms with E-state index in [1.165, 1.54) is 6.92 Å². The normalized spacial score (nSPS) is 14.7. The van der Waals surface area contributed by atoms with Crippen molar-refractivity contribution in [3.05, 3.63) is 63.1 Å². The second-order valence-corrected chi connectivity index (χ2v) is 6.99. The van der Waals surface area contributed by atoms with Crippen molar-refractivity contribution in [2.45, 2.75) is 20.4 Å². The third-order valence-electron chi connectivity index (χ3n) is 5.18. The lowest BCUT2D eigenvalue weighted by atomic mass is 10.1. The summed E-state index contributed by atoms with van der Waals surface area (Å²) >= 11 is 0. The van der Waals surface area contributed by atoms with Crippen LogP contribution in [0.2, 0.25) is 0 Å². The number of rotatable bonds is 6. The first-order valence-electron chi connectivity index (χ1n) is 9.54. The SMILES string of the molecule is CCN1CCN(c2ccc(CNC(=O)c3cc(F)c(C)c([N+](=O)[O-])c3)cn2)CC1. The van der Waals surface area contributed by atoms with Gasteiger partial charge < -0.3 is 15.1 Å². The highest BCUT2D eigenvalue weighted by atomic mass is 19.1. The highest BCUT2D eigenvalue weighted by Crippen LogP contribution is 2.23. The lowest BCUT2D eigenvalue weighted by Crippen LogP contribution is -2.46. The van der Waals surface area contributed by atoms with Crippen LogP contribution in [0.25, 0.3) is 0 Å². The zero-order valence-corrected chi connectivity index (χ0v) is 16.5. The molecule has 2 aromatic rings. The molecule has 1 amide bonds. The maximum absolute atomic E-state index is 13.9. The molecule has 1 N–H and O–H groups in total. The summed E-state index contributed by atoms with van der Waals surface area (Å²) in [5.41, 5.74) is 0.199. The number of nitrogens with zero attached hydrogens (tertiary/aromatic N) is 4. The van der Waals surface area contributed by atoms with Crippen LogP contribution < -0.4 is 10.2 Å². The number of halogens is 1. The van der Waals surface area contributed by atoms with E-state index in [-0.39, 0.29) is 17.7 Å². The summed E-state index contributed by atoms with van der Waals surface area (Å²) < 4.78 is 13.9. The average molecular weight is 401 g/mol. The number of hydrogen-bond donors (Lipinski definition) is 1. The van der Waals surface area contributed by atoms with Crippen molar-refractivity contribution in [1.29, 1.82) is 0 Å². The molecule has 29 heavy (non-hydrogen) atoms. The van der Waals surface area contributed by atoms with Gasteiger partial charge in [0, 0.05) is 50.6 Å². The maximum atomic E-state index is 13.9. The smallest absolute Gasteiger partial charge is 0.276 e. The summed E-state index contributed by atoms with van der Waals surface area (Å²) in [5, 5.41) is 13.7. The third-order valence-corrected chi connectivity index (χ3v) is 5.18. The van der Waals surface area contributed by atoms with Crippen molar-refractivity contribution in [2.75, 3.05) is 37.6 Å². The number of hydrogen-bond acceptors (Lipinski definition) is 6. The fourth-order valence-corrected chi connectivity index (χ4v) is 3.27. The van der Waals surface area contributed by atoms with Gasteiger partial charge in [-0.2, -0.15) is 0 Å². The van der Waals surface area contributed by atoms with Crippen LogP contribution in [-0.2, 0) is 6.54 Å². The van der Waals surface area contributed by atoms with Crippen molar-refractivity contribution >= 4 is 17.4 Å². The predicted molar refractivity (Wildman–Crippen MR) is 108 cm³/mol. The number of amides is 1. The molecule has 1 saturated heterocycles. The molecular weight excluding hydrogens is 377 g/mol. The zero-order valence-electron chi connectivity index (χ0n) is 16.5. The van der Waals surface area contributed by atoms with E-state index in [2.05, 4.69) is 27.0 Å². The van der Waals surface area contributed by atoms with Gasteiger partial charge >= 0.3 is 0 Å². The predicted octanol–water partition coefficient (Wildman–Crippen LogP) is 2.51. The molecule has 1 aliphatic heterocycles. The Balaban J connectivity index is 1.60. The molecule has 2 heterocycles. The van der Waals surface area contributed by atoms with Crippen molar-refractivity contribution in [1.82, 2.24) is 15.2 Å². The maximum Gasteiger partial charge on any atom is 0.276 e. The fourth-order valence-electron chi connectivity index (χ4n) is 3.27. The Morgan fingerprint density at radius 2 is 2.00 bits per heavy atom. The standard InChI is InChI=1S/C20H24FN5O3/c1-3-24-6-8-25(9-7-24)19-5-4-15(12-22-19)13-23-20(27)16-10-17(21)14(2)18(11-16)26(28)29/h4-5,10-12H,3,6-9,13H2,1-2H3,(H,23,27). The van der Waals surface area contributed by atoms with Gasteiger partial charge in [0.25, 0.3) is 11.6 Å². The van der Waals surface area contributed by atoms with Crippen LogP contribution >= 0.6 is 0 Å². The molecule has 1 aliphatic rings. The van der Waals surface area contributed by atoms with Crippen LogP contribution in [0.5, 0.6) is 0 Å². The molecule has 154 valence electrons. The molecule has 1 fully saturated rings. The number of pyridine rings is 1. The van der Waals surface area contributed by atoms with Gasteiger partial charge in [-0.05, 0) is 31.2 Å². The zero-order chi connectivity index (χ0) is 21.0. The van der Waals surface area contributed by atoms with E-state index in [4.69, 9.17) is 0 Å². The molecule has 3 rings (SSSR count). The van der Waals surface area contributed by atoms with Crippen LogP contribution in [0.1, 0.15) is 28.4 Å². The first kappa shape index (κ1) is 20.7. The van der Waals surface area contributed by atoms with Gasteiger partial charge in [0.1, 0.15) is 11.6 Å². The van der Waals surface area contributed by atoms with Crippen molar-refractivity contribution in [2.24, 2.45) is 0 Å². The number of carbonyl (C=O) groups is 1. The van der Waals surface area contributed by atoms with Crippen molar-refractivity contribution < 1.29 is 14.1 Å². The van der Waals surface area contributed by atoms with E-state index in [0.29, 0.717) is 0 Å². The Hall–Kier alpha value is -3.07. The second kappa shape index (κ2) is 8.95. The molecule has 0 saturated carbocycles. The number of nitrogens with one attached hydrogen (secondary N) is 1. The highest BCUT2D eigenvalue weighted by molar-refractivity contribution is 5.95. The topological polar surface area (TPSA) is 91.6 Å².